The fourth-order valence-electron chi connectivity index (χ4n) is 4.56. The Balaban J connectivity index is 2.01. The monoisotopic (exact) mass is 422 g/mol. The van der Waals surface area contributed by atoms with Crippen LogP contribution in [-0.2, 0) is 19.1 Å². The quantitative estimate of drug-likeness (QED) is 0.523. The third-order valence-corrected chi connectivity index (χ3v) is 6.64. The van der Waals surface area contributed by atoms with Crippen LogP contribution in [0.25, 0.3) is 0 Å². The number of carbonyl (C=O) groups is 2. The standard InChI is InChI=1S/C24H38O6/c1-5-15(2)24(28)30-21-8-6-7-17-10-9-16(3)20(23(17)21)12-11-18(25)13-19(26)14-22(27)29-4/h7,9-10,15-16,18-21,23,25-26H,5-6,8,11-14H2,1-4H3/t15-,16+,18-,19-,20+,21+,23+/m0/s1. The zero-order valence-electron chi connectivity index (χ0n) is 18.8. The van der Waals surface area contributed by atoms with Crippen LogP contribution in [0.4, 0.5) is 0 Å². The Morgan fingerprint density at radius 1 is 1.27 bits per heavy atom. The number of allylic oxidation sites excluding steroid dienone is 3. The molecule has 0 spiro atoms. The summed E-state index contributed by atoms with van der Waals surface area (Å²) >= 11 is 0. The number of hydrogen-bond acceptors (Lipinski definition) is 6. The Kier molecular flexibility index (Phi) is 9.56. The Labute approximate surface area is 180 Å². The summed E-state index contributed by atoms with van der Waals surface area (Å²) in [6.45, 7) is 6.06. The minimum atomic E-state index is -0.912. The lowest BCUT2D eigenvalue weighted by atomic mass is 9.66. The first-order chi connectivity index (χ1) is 14.3. The van der Waals surface area contributed by atoms with Gasteiger partial charge in [-0.2, -0.15) is 0 Å². The Hall–Kier alpha value is -1.66. The average Bonchev–Trinajstić information content (AvgIpc) is 2.72. The van der Waals surface area contributed by atoms with Gasteiger partial charge in [-0.05, 0) is 55.9 Å². The molecule has 0 bridgehead atoms. The molecular formula is C24H38O6. The molecule has 0 amide bonds. The number of carbonyl (C=O) groups excluding carboxylic acids is 2. The molecule has 0 fully saturated rings. The second-order valence-corrected chi connectivity index (χ2v) is 8.87. The minimum absolute atomic E-state index is 0.104. The van der Waals surface area contributed by atoms with Gasteiger partial charge in [-0.1, -0.05) is 39.0 Å². The molecule has 0 aliphatic heterocycles. The normalized spacial score (nSPS) is 28.7. The van der Waals surface area contributed by atoms with Crippen molar-refractivity contribution in [3.63, 3.8) is 0 Å². The zero-order valence-corrected chi connectivity index (χ0v) is 18.8. The highest BCUT2D eigenvalue weighted by molar-refractivity contribution is 5.72. The predicted octanol–water partition coefficient (Wildman–Crippen LogP) is 3.56. The number of methoxy groups -OCH3 is 1. The van der Waals surface area contributed by atoms with Crippen LogP contribution in [0.2, 0.25) is 0 Å². The van der Waals surface area contributed by atoms with E-state index in [4.69, 9.17) is 4.74 Å². The lowest BCUT2D eigenvalue weighted by molar-refractivity contribution is -0.158. The van der Waals surface area contributed by atoms with Crippen LogP contribution in [0, 0.1) is 23.7 Å². The van der Waals surface area contributed by atoms with E-state index in [1.165, 1.54) is 12.7 Å². The number of ether oxygens (including phenoxy) is 2. The van der Waals surface area contributed by atoms with E-state index >= 15 is 0 Å². The van der Waals surface area contributed by atoms with Gasteiger partial charge in [0, 0.05) is 5.92 Å². The molecule has 2 N–H and O–H groups in total. The first-order valence-electron chi connectivity index (χ1n) is 11.3. The number of fused-ring (bicyclic) bond motifs is 1. The summed E-state index contributed by atoms with van der Waals surface area (Å²) in [4.78, 5) is 23.7. The summed E-state index contributed by atoms with van der Waals surface area (Å²) in [7, 11) is 1.28. The molecule has 0 saturated carbocycles. The van der Waals surface area contributed by atoms with Crippen LogP contribution >= 0.6 is 0 Å². The Morgan fingerprint density at radius 3 is 2.67 bits per heavy atom. The lowest BCUT2D eigenvalue weighted by Gasteiger charge is -2.42. The van der Waals surface area contributed by atoms with Crippen molar-refractivity contribution in [1.29, 1.82) is 0 Å². The van der Waals surface area contributed by atoms with E-state index in [9.17, 15) is 19.8 Å². The number of rotatable bonds is 10. The summed E-state index contributed by atoms with van der Waals surface area (Å²) in [6.07, 6.45) is 8.67. The van der Waals surface area contributed by atoms with Crippen LogP contribution in [-0.4, -0.2) is 47.6 Å². The van der Waals surface area contributed by atoms with Crippen molar-refractivity contribution in [1.82, 2.24) is 0 Å². The number of esters is 2. The van der Waals surface area contributed by atoms with Crippen molar-refractivity contribution in [2.45, 2.75) is 84.0 Å². The van der Waals surface area contributed by atoms with E-state index in [1.807, 2.05) is 13.8 Å². The first kappa shape index (κ1) is 24.6. The highest BCUT2D eigenvalue weighted by Crippen LogP contribution is 2.44. The van der Waals surface area contributed by atoms with Gasteiger partial charge in [-0.15, -0.1) is 0 Å². The molecule has 0 heterocycles. The van der Waals surface area contributed by atoms with Crippen molar-refractivity contribution in [2.75, 3.05) is 7.11 Å². The molecule has 2 rings (SSSR count). The van der Waals surface area contributed by atoms with Crippen LogP contribution in [0.15, 0.2) is 23.8 Å². The van der Waals surface area contributed by atoms with Crippen molar-refractivity contribution in [3.05, 3.63) is 23.8 Å². The molecule has 2 aliphatic rings. The summed E-state index contributed by atoms with van der Waals surface area (Å²) in [5.74, 6) is -0.0169. The fourth-order valence-corrected chi connectivity index (χ4v) is 4.56. The number of hydrogen-bond donors (Lipinski definition) is 2. The molecule has 0 aromatic carbocycles. The van der Waals surface area contributed by atoms with Gasteiger partial charge in [-0.3, -0.25) is 9.59 Å². The van der Waals surface area contributed by atoms with Gasteiger partial charge in [-0.25, -0.2) is 0 Å². The fraction of sp³-hybridized carbons (Fsp3) is 0.750. The maximum atomic E-state index is 12.4. The van der Waals surface area contributed by atoms with E-state index in [-0.39, 0.29) is 42.7 Å². The predicted molar refractivity (Wildman–Crippen MR) is 114 cm³/mol. The molecule has 6 heteroatoms. The van der Waals surface area contributed by atoms with E-state index in [0.29, 0.717) is 12.3 Å². The second kappa shape index (κ2) is 11.7. The summed E-state index contributed by atoms with van der Waals surface area (Å²) in [6, 6.07) is 0. The van der Waals surface area contributed by atoms with Gasteiger partial charge in [0.25, 0.3) is 0 Å². The van der Waals surface area contributed by atoms with E-state index in [2.05, 4.69) is 29.9 Å². The van der Waals surface area contributed by atoms with Gasteiger partial charge in [0.2, 0.25) is 0 Å². The molecular weight excluding hydrogens is 384 g/mol. The molecule has 170 valence electrons. The van der Waals surface area contributed by atoms with Crippen molar-refractivity contribution in [3.8, 4) is 0 Å². The van der Waals surface area contributed by atoms with Crippen LogP contribution in [0.5, 0.6) is 0 Å². The Morgan fingerprint density at radius 2 is 2.00 bits per heavy atom. The van der Waals surface area contributed by atoms with E-state index in [0.717, 1.165) is 25.7 Å². The van der Waals surface area contributed by atoms with Crippen molar-refractivity contribution >= 4 is 11.9 Å². The maximum Gasteiger partial charge on any atom is 0.308 e. The molecule has 0 aromatic rings. The molecule has 30 heavy (non-hydrogen) atoms. The molecule has 2 aliphatic carbocycles. The van der Waals surface area contributed by atoms with E-state index in [1.54, 1.807) is 0 Å². The average molecular weight is 423 g/mol. The number of aliphatic hydroxyl groups is 2. The molecule has 7 atom stereocenters. The van der Waals surface area contributed by atoms with Crippen LogP contribution < -0.4 is 0 Å². The summed E-state index contributed by atoms with van der Waals surface area (Å²) < 4.78 is 10.5. The third kappa shape index (κ3) is 6.67. The van der Waals surface area contributed by atoms with Gasteiger partial charge >= 0.3 is 11.9 Å². The highest BCUT2D eigenvalue weighted by Gasteiger charge is 2.40. The molecule has 6 nitrogen and oxygen atoms in total. The van der Waals surface area contributed by atoms with Gasteiger partial charge in [0.1, 0.15) is 6.10 Å². The molecule has 0 unspecified atom stereocenters. The molecule has 0 saturated heterocycles. The van der Waals surface area contributed by atoms with Crippen LogP contribution in [0.1, 0.15) is 65.7 Å². The summed E-state index contributed by atoms with van der Waals surface area (Å²) in [5, 5.41) is 20.4. The maximum absolute atomic E-state index is 12.4. The van der Waals surface area contributed by atoms with E-state index < -0.39 is 18.2 Å². The third-order valence-electron chi connectivity index (χ3n) is 6.64. The smallest absolute Gasteiger partial charge is 0.308 e. The van der Waals surface area contributed by atoms with Crippen molar-refractivity contribution < 1.29 is 29.3 Å². The topological polar surface area (TPSA) is 93.1 Å². The number of aliphatic hydroxyl groups excluding tert-OH is 2. The highest BCUT2D eigenvalue weighted by atomic mass is 16.5. The van der Waals surface area contributed by atoms with Crippen LogP contribution in [0.3, 0.4) is 0 Å². The van der Waals surface area contributed by atoms with Gasteiger partial charge in [0.05, 0.1) is 31.7 Å². The molecule has 0 aromatic heterocycles. The summed E-state index contributed by atoms with van der Waals surface area (Å²) in [5.41, 5.74) is 1.23. The molecule has 0 radical (unpaired) electrons. The van der Waals surface area contributed by atoms with Gasteiger partial charge in [0.15, 0.2) is 0 Å². The van der Waals surface area contributed by atoms with Gasteiger partial charge < -0.3 is 19.7 Å². The zero-order chi connectivity index (χ0) is 22.3. The largest absolute Gasteiger partial charge is 0.469 e. The second-order valence-electron chi connectivity index (χ2n) is 8.87. The van der Waals surface area contributed by atoms with Crippen molar-refractivity contribution in [2.24, 2.45) is 23.7 Å². The first-order valence-corrected chi connectivity index (χ1v) is 11.3. The Bertz CT molecular complexity index is 640. The SMILES string of the molecule is CC[C@H](C)C(=O)O[C@@H]1CCC=C2C=C[C@@H](C)[C@@H](CC[C@H](O)C[C@H](O)CC(=O)OC)[C@@H]21. The minimum Gasteiger partial charge on any atom is -0.469 e. The lowest BCUT2D eigenvalue weighted by Crippen LogP contribution is -2.40.